The van der Waals surface area contributed by atoms with Crippen molar-refractivity contribution in [2.24, 2.45) is 0 Å². The normalized spacial score (nSPS) is 11.4. The van der Waals surface area contributed by atoms with Gasteiger partial charge in [0.15, 0.2) is 0 Å². The number of nitrogen functional groups attached to an aromatic ring is 1. The van der Waals surface area contributed by atoms with E-state index in [1.165, 1.54) is 11.9 Å². The fraction of sp³-hybridized carbons (Fsp3) is 0.176. The number of nitrogens with two attached hydrogens (primary N) is 1. The highest BCUT2D eigenvalue weighted by molar-refractivity contribution is 7.36. The third kappa shape index (κ3) is 2.88. The lowest BCUT2D eigenvalue weighted by Gasteiger charge is -2.02. The molecule has 0 aliphatic heterocycles. The predicted molar refractivity (Wildman–Crippen MR) is 95.4 cm³/mol. The van der Waals surface area contributed by atoms with Crippen molar-refractivity contribution >= 4 is 25.6 Å². The SMILES string of the molecule is CC(C)=CCPn1cc(-c2ccccc2)c2c(N)ncnc21. The van der Waals surface area contributed by atoms with Gasteiger partial charge in [0.05, 0.1) is 5.39 Å². The fourth-order valence-corrected chi connectivity index (χ4v) is 3.63. The van der Waals surface area contributed by atoms with Gasteiger partial charge in [0.25, 0.3) is 0 Å². The van der Waals surface area contributed by atoms with Crippen LogP contribution in [0.1, 0.15) is 13.8 Å². The van der Waals surface area contributed by atoms with Gasteiger partial charge in [-0.2, -0.15) is 0 Å². The second-order valence-corrected chi connectivity index (χ2v) is 6.59. The summed E-state index contributed by atoms with van der Waals surface area (Å²) in [4.78, 5) is 8.60. The zero-order valence-corrected chi connectivity index (χ0v) is 13.7. The molecule has 0 aliphatic rings. The maximum Gasteiger partial charge on any atom is 0.149 e. The molecule has 22 heavy (non-hydrogen) atoms. The zero-order chi connectivity index (χ0) is 15.5. The highest BCUT2D eigenvalue weighted by atomic mass is 31.1. The van der Waals surface area contributed by atoms with Crippen LogP contribution in [0.4, 0.5) is 5.82 Å². The fourth-order valence-electron chi connectivity index (χ4n) is 2.39. The van der Waals surface area contributed by atoms with Gasteiger partial charge in [0.2, 0.25) is 0 Å². The Hall–Kier alpha value is -2.19. The second-order valence-electron chi connectivity index (χ2n) is 5.38. The molecular weight excluding hydrogens is 291 g/mol. The smallest absolute Gasteiger partial charge is 0.149 e. The van der Waals surface area contributed by atoms with E-state index in [2.05, 4.69) is 52.6 Å². The molecule has 2 N–H and O–H groups in total. The lowest BCUT2D eigenvalue weighted by Crippen LogP contribution is -1.94. The Kier molecular flexibility index (Phi) is 4.21. The molecule has 1 aromatic carbocycles. The Labute approximate surface area is 131 Å². The highest BCUT2D eigenvalue weighted by Gasteiger charge is 2.14. The van der Waals surface area contributed by atoms with Crippen molar-refractivity contribution in [3.63, 3.8) is 0 Å². The van der Waals surface area contributed by atoms with Crippen molar-refractivity contribution in [3.05, 3.63) is 54.5 Å². The largest absolute Gasteiger partial charge is 0.383 e. The Balaban J connectivity index is 2.11. The summed E-state index contributed by atoms with van der Waals surface area (Å²) >= 11 is 0. The van der Waals surface area contributed by atoms with Gasteiger partial charge in [-0.3, -0.25) is 0 Å². The maximum atomic E-state index is 6.11. The summed E-state index contributed by atoms with van der Waals surface area (Å²) in [6, 6.07) is 10.3. The van der Waals surface area contributed by atoms with Crippen molar-refractivity contribution in [2.45, 2.75) is 13.8 Å². The third-order valence-electron chi connectivity index (χ3n) is 3.47. The molecule has 0 spiro atoms. The first-order valence-corrected chi connectivity index (χ1v) is 8.36. The molecule has 0 radical (unpaired) electrons. The Bertz CT molecular complexity index is 817. The quantitative estimate of drug-likeness (QED) is 0.583. The van der Waals surface area contributed by atoms with Crippen LogP contribution in [-0.2, 0) is 0 Å². The second kappa shape index (κ2) is 6.29. The van der Waals surface area contributed by atoms with Crippen molar-refractivity contribution in [1.82, 2.24) is 14.3 Å². The lowest BCUT2D eigenvalue weighted by atomic mass is 10.1. The molecule has 112 valence electrons. The van der Waals surface area contributed by atoms with Gasteiger partial charge in [-0.15, -0.1) is 0 Å². The van der Waals surface area contributed by atoms with Crippen LogP contribution in [0, 0.1) is 0 Å². The van der Waals surface area contributed by atoms with Gasteiger partial charge in [-0.1, -0.05) is 42.0 Å². The molecule has 2 aromatic heterocycles. The minimum absolute atomic E-state index is 0.537. The number of fused-ring (bicyclic) bond motifs is 1. The maximum absolute atomic E-state index is 6.11. The number of anilines is 1. The van der Waals surface area contributed by atoms with E-state index >= 15 is 0 Å². The average Bonchev–Trinajstić information content (AvgIpc) is 2.88. The van der Waals surface area contributed by atoms with E-state index in [0.29, 0.717) is 14.5 Å². The summed E-state index contributed by atoms with van der Waals surface area (Å²) < 4.78 is 2.19. The topological polar surface area (TPSA) is 56.7 Å². The molecule has 0 saturated heterocycles. The van der Waals surface area contributed by atoms with Crippen LogP contribution in [0.2, 0.25) is 0 Å². The molecular formula is C17H19N4P. The third-order valence-corrected chi connectivity index (χ3v) is 4.54. The summed E-state index contributed by atoms with van der Waals surface area (Å²) in [5.41, 5.74) is 10.6. The van der Waals surface area contributed by atoms with Crippen LogP contribution in [0.15, 0.2) is 54.5 Å². The minimum atomic E-state index is 0.537. The van der Waals surface area contributed by atoms with Gasteiger partial charge in [-0.05, 0) is 28.1 Å². The molecule has 3 rings (SSSR count). The predicted octanol–water partition coefficient (Wildman–Crippen LogP) is 4.09. The zero-order valence-electron chi connectivity index (χ0n) is 12.7. The Morgan fingerprint density at radius 3 is 2.73 bits per heavy atom. The first-order chi connectivity index (χ1) is 10.7. The first kappa shape index (κ1) is 14.7. The van der Waals surface area contributed by atoms with E-state index in [-0.39, 0.29) is 0 Å². The summed E-state index contributed by atoms with van der Waals surface area (Å²) in [5.74, 6) is 0.537. The van der Waals surface area contributed by atoms with E-state index < -0.39 is 0 Å². The van der Waals surface area contributed by atoms with E-state index in [0.717, 1.165) is 28.3 Å². The molecule has 3 aromatic rings. The highest BCUT2D eigenvalue weighted by Crippen LogP contribution is 2.35. The number of hydrogen-bond donors (Lipinski definition) is 1. The average molecular weight is 310 g/mol. The number of rotatable bonds is 4. The monoisotopic (exact) mass is 310 g/mol. The number of hydrogen-bond acceptors (Lipinski definition) is 3. The number of nitrogens with zero attached hydrogens (tertiary/aromatic N) is 3. The van der Waals surface area contributed by atoms with Crippen LogP contribution >= 0.6 is 8.73 Å². The summed E-state index contributed by atoms with van der Waals surface area (Å²) in [6.07, 6.45) is 6.93. The molecule has 0 fully saturated rings. The van der Waals surface area contributed by atoms with E-state index in [4.69, 9.17) is 5.73 Å². The van der Waals surface area contributed by atoms with Crippen molar-refractivity contribution in [1.29, 1.82) is 0 Å². The van der Waals surface area contributed by atoms with Crippen LogP contribution in [0.3, 0.4) is 0 Å². The minimum Gasteiger partial charge on any atom is -0.383 e. The van der Waals surface area contributed by atoms with Crippen LogP contribution in [0.25, 0.3) is 22.2 Å². The van der Waals surface area contributed by atoms with E-state index in [1.54, 1.807) is 0 Å². The first-order valence-electron chi connectivity index (χ1n) is 7.21. The van der Waals surface area contributed by atoms with Gasteiger partial charge >= 0.3 is 0 Å². The molecule has 5 heteroatoms. The summed E-state index contributed by atoms with van der Waals surface area (Å²) in [5, 5.41) is 0.943. The summed E-state index contributed by atoms with van der Waals surface area (Å²) in [6.45, 7) is 4.24. The van der Waals surface area contributed by atoms with Gasteiger partial charge in [0, 0.05) is 17.9 Å². The van der Waals surface area contributed by atoms with Gasteiger partial charge in [0.1, 0.15) is 17.8 Å². The van der Waals surface area contributed by atoms with Gasteiger partial charge < -0.3 is 10.1 Å². The van der Waals surface area contributed by atoms with Crippen molar-refractivity contribution < 1.29 is 0 Å². The molecule has 0 amide bonds. The lowest BCUT2D eigenvalue weighted by molar-refractivity contribution is 1.18. The van der Waals surface area contributed by atoms with Crippen LogP contribution in [0.5, 0.6) is 0 Å². The molecule has 0 aliphatic carbocycles. The molecule has 1 atom stereocenters. The van der Waals surface area contributed by atoms with E-state index in [1.807, 2.05) is 18.2 Å². The van der Waals surface area contributed by atoms with Gasteiger partial charge in [-0.25, -0.2) is 9.97 Å². The molecule has 4 nitrogen and oxygen atoms in total. The molecule has 2 heterocycles. The molecule has 1 unspecified atom stereocenters. The molecule has 0 saturated carbocycles. The number of benzene rings is 1. The Morgan fingerprint density at radius 1 is 1.23 bits per heavy atom. The van der Waals surface area contributed by atoms with E-state index in [9.17, 15) is 0 Å². The summed E-state index contributed by atoms with van der Waals surface area (Å²) in [7, 11) is 0.608. The van der Waals surface area contributed by atoms with Crippen LogP contribution < -0.4 is 5.73 Å². The van der Waals surface area contributed by atoms with Crippen molar-refractivity contribution in [3.8, 4) is 11.1 Å². The number of aromatic nitrogens is 3. The van der Waals surface area contributed by atoms with Crippen LogP contribution in [-0.4, -0.2) is 20.5 Å². The number of allylic oxidation sites excluding steroid dienone is 2. The Morgan fingerprint density at radius 2 is 2.00 bits per heavy atom. The van der Waals surface area contributed by atoms with Crippen molar-refractivity contribution in [2.75, 3.05) is 11.9 Å². The standard InChI is InChI=1S/C17H19N4P/c1-12(2)8-9-22-21-10-14(13-6-4-3-5-7-13)15-16(18)19-11-20-17(15)21/h3-8,10-11,22H,9H2,1-2H3,(H2,18,19,20). The molecule has 0 bridgehead atoms.